The van der Waals surface area contributed by atoms with Gasteiger partial charge in [-0.15, -0.1) is 0 Å². The quantitative estimate of drug-likeness (QED) is 0.750. The van der Waals surface area contributed by atoms with E-state index in [4.69, 9.17) is 0 Å². The van der Waals surface area contributed by atoms with Gasteiger partial charge in [-0.2, -0.15) is 0 Å². The predicted molar refractivity (Wildman–Crippen MR) is 119 cm³/mol. The third kappa shape index (κ3) is 5.09. The van der Waals surface area contributed by atoms with Crippen LogP contribution in [0.1, 0.15) is 32.3 Å². The average Bonchev–Trinajstić information content (AvgIpc) is 3.23. The van der Waals surface area contributed by atoms with Crippen LogP contribution in [-0.2, 0) is 21.2 Å². The van der Waals surface area contributed by atoms with Crippen molar-refractivity contribution in [1.29, 1.82) is 0 Å². The van der Waals surface area contributed by atoms with E-state index in [1.165, 1.54) is 17.1 Å². The lowest BCUT2D eigenvalue weighted by molar-refractivity contribution is -0.116. The number of aryl methyl sites for hydroxylation is 1. The van der Waals surface area contributed by atoms with Gasteiger partial charge in [0.05, 0.1) is 11.9 Å². The Kier molecular flexibility index (Phi) is 6.47. The van der Waals surface area contributed by atoms with E-state index in [2.05, 4.69) is 10.2 Å². The number of anilines is 3. The van der Waals surface area contributed by atoms with E-state index in [9.17, 15) is 13.2 Å². The Morgan fingerprint density at radius 2 is 1.66 bits per heavy atom. The Balaban J connectivity index is 1.75. The molecule has 1 fully saturated rings. The molecule has 1 atom stereocenters. The van der Waals surface area contributed by atoms with Crippen molar-refractivity contribution in [2.45, 2.75) is 39.2 Å². The molecule has 0 saturated carbocycles. The molecule has 6 nitrogen and oxygen atoms in total. The lowest BCUT2D eigenvalue weighted by Crippen LogP contribution is -2.45. The zero-order valence-electron chi connectivity index (χ0n) is 17.3. The summed E-state index contributed by atoms with van der Waals surface area (Å²) in [6.07, 6.45) is 4.39. The smallest absolute Gasteiger partial charge is 0.247 e. The molecule has 1 N–H and O–H groups in total. The van der Waals surface area contributed by atoms with Crippen LogP contribution in [0.15, 0.2) is 48.5 Å². The van der Waals surface area contributed by atoms with E-state index in [1.807, 2.05) is 43.3 Å². The van der Waals surface area contributed by atoms with Gasteiger partial charge < -0.3 is 10.2 Å². The fraction of sp³-hybridized carbons (Fsp3) is 0.409. The molecule has 1 heterocycles. The van der Waals surface area contributed by atoms with Crippen LogP contribution in [-0.4, -0.2) is 39.7 Å². The van der Waals surface area contributed by atoms with Gasteiger partial charge in [-0.05, 0) is 68.1 Å². The zero-order chi connectivity index (χ0) is 21.0. The van der Waals surface area contributed by atoms with Gasteiger partial charge in [0.2, 0.25) is 15.9 Å². The molecule has 1 saturated heterocycles. The van der Waals surface area contributed by atoms with Crippen molar-refractivity contribution >= 4 is 33.0 Å². The number of benzene rings is 2. The van der Waals surface area contributed by atoms with E-state index in [0.29, 0.717) is 11.4 Å². The van der Waals surface area contributed by atoms with Gasteiger partial charge in [0.25, 0.3) is 0 Å². The van der Waals surface area contributed by atoms with Crippen LogP contribution in [0.2, 0.25) is 0 Å². The maximum absolute atomic E-state index is 12.8. The Morgan fingerprint density at radius 1 is 1.07 bits per heavy atom. The molecule has 3 rings (SSSR count). The second kappa shape index (κ2) is 8.86. The SMILES string of the molecule is CCc1ccc(N([C@@H](C)C(=O)Nc2ccc(N3CCCC3)cc2)S(C)(=O)=O)cc1. The van der Waals surface area contributed by atoms with Gasteiger partial charge in [0.1, 0.15) is 6.04 Å². The minimum absolute atomic E-state index is 0.371. The number of rotatable bonds is 7. The topological polar surface area (TPSA) is 69.7 Å². The molecule has 0 spiro atoms. The summed E-state index contributed by atoms with van der Waals surface area (Å²) in [6.45, 7) is 5.75. The lowest BCUT2D eigenvalue weighted by Gasteiger charge is -2.28. The molecule has 0 aliphatic carbocycles. The highest BCUT2D eigenvalue weighted by Gasteiger charge is 2.29. The van der Waals surface area contributed by atoms with Crippen molar-refractivity contribution in [2.24, 2.45) is 0 Å². The highest BCUT2D eigenvalue weighted by molar-refractivity contribution is 7.92. The summed E-state index contributed by atoms with van der Waals surface area (Å²) >= 11 is 0. The standard InChI is InChI=1S/C22H29N3O3S/c1-4-18-7-11-21(12-8-18)25(29(3,27)28)17(2)22(26)23-19-9-13-20(14-10-19)24-15-5-6-16-24/h7-14,17H,4-6,15-16H2,1-3H3,(H,23,26)/t17-/m0/s1. The minimum atomic E-state index is -3.63. The van der Waals surface area contributed by atoms with E-state index >= 15 is 0 Å². The molecule has 2 aromatic carbocycles. The number of nitrogens with one attached hydrogen (secondary N) is 1. The maximum atomic E-state index is 12.8. The summed E-state index contributed by atoms with van der Waals surface area (Å²) in [5.41, 5.74) is 3.39. The lowest BCUT2D eigenvalue weighted by atomic mass is 10.1. The van der Waals surface area contributed by atoms with Crippen LogP contribution in [0.4, 0.5) is 17.1 Å². The number of sulfonamides is 1. The molecule has 29 heavy (non-hydrogen) atoms. The van der Waals surface area contributed by atoms with Crippen LogP contribution in [0.25, 0.3) is 0 Å². The van der Waals surface area contributed by atoms with E-state index < -0.39 is 16.1 Å². The van der Waals surface area contributed by atoms with Gasteiger partial charge >= 0.3 is 0 Å². The van der Waals surface area contributed by atoms with Crippen molar-refractivity contribution in [2.75, 3.05) is 33.9 Å². The number of hydrogen-bond donors (Lipinski definition) is 1. The molecular formula is C22H29N3O3S. The summed E-state index contributed by atoms with van der Waals surface area (Å²) in [5.74, 6) is -0.371. The normalized spacial score (nSPS) is 15.2. The number of amides is 1. The van der Waals surface area contributed by atoms with Crippen LogP contribution in [0.3, 0.4) is 0 Å². The van der Waals surface area contributed by atoms with Crippen molar-refractivity contribution in [3.8, 4) is 0 Å². The number of nitrogens with zero attached hydrogens (tertiary/aromatic N) is 2. The molecule has 1 aliphatic heterocycles. The maximum Gasteiger partial charge on any atom is 0.247 e. The van der Waals surface area contributed by atoms with Crippen molar-refractivity contribution in [1.82, 2.24) is 0 Å². The van der Waals surface area contributed by atoms with Gasteiger partial charge in [0.15, 0.2) is 0 Å². The molecule has 1 amide bonds. The van der Waals surface area contributed by atoms with Crippen LogP contribution >= 0.6 is 0 Å². The summed E-state index contributed by atoms with van der Waals surface area (Å²) < 4.78 is 26.0. The van der Waals surface area contributed by atoms with Crippen molar-refractivity contribution in [3.05, 3.63) is 54.1 Å². The Labute approximate surface area is 173 Å². The second-order valence-electron chi connectivity index (χ2n) is 7.49. The first-order chi connectivity index (χ1) is 13.8. The Morgan fingerprint density at radius 3 is 2.17 bits per heavy atom. The van der Waals surface area contributed by atoms with Crippen molar-refractivity contribution in [3.63, 3.8) is 0 Å². The monoisotopic (exact) mass is 415 g/mol. The van der Waals surface area contributed by atoms with Gasteiger partial charge in [-0.3, -0.25) is 9.10 Å². The second-order valence-corrected chi connectivity index (χ2v) is 9.34. The molecule has 0 bridgehead atoms. The summed E-state index contributed by atoms with van der Waals surface area (Å²) in [4.78, 5) is 15.1. The minimum Gasteiger partial charge on any atom is -0.372 e. The van der Waals surface area contributed by atoms with E-state index in [0.717, 1.165) is 37.0 Å². The average molecular weight is 416 g/mol. The predicted octanol–water partition coefficient (Wildman–Crippen LogP) is 3.64. The first kappa shape index (κ1) is 21.2. The van der Waals surface area contributed by atoms with E-state index in [1.54, 1.807) is 19.1 Å². The highest BCUT2D eigenvalue weighted by atomic mass is 32.2. The third-order valence-corrected chi connectivity index (χ3v) is 6.54. The largest absolute Gasteiger partial charge is 0.372 e. The first-order valence-corrected chi connectivity index (χ1v) is 11.9. The van der Waals surface area contributed by atoms with Gasteiger partial charge in [-0.1, -0.05) is 19.1 Å². The van der Waals surface area contributed by atoms with Crippen LogP contribution in [0.5, 0.6) is 0 Å². The molecule has 156 valence electrons. The van der Waals surface area contributed by atoms with Crippen LogP contribution in [0, 0.1) is 0 Å². The highest BCUT2D eigenvalue weighted by Crippen LogP contribution is 2.24. The summed E-state index contributed by atoms with van der Waals surface area (Å²) in [5, 5.41) is 2.84. The molecule has 0 radical (unpaired) electrons. The number of hydrogen-bond acceptors (Lipinski definition) is 4. The molecule has 7 heteroatoms. The number of carbonyl (C=O) groups excluding carboxylic acids is 1. The third-order valence-electron chi connectivity index (χ3n) is 5.29. The van der Waals surface area contributed by atoms with Gasteiger partial charge in [0, 0.05) is 24.5 Å². The summed E-state index contributed by atoms with van der Waals surface area (Å²) in [7, 11) is -3.63. The molecule has 1 aliphatic rings. The van der Waals surface area contributed by atoms with E-state index in [-0.39, 0.29) is 5.91 Å². The fourth-order valence-corrected chi connectivity index (χ4v) is 4.84. The zero-order valence-corrected chi connectivity index (χ0v) is 18.1. The molecule has 0 unspecified atom stereocenters. The Hall–Kier alpha value is -2.54. The van der Waals surface area contributed by atoms with Gasteiger partial charge in [-0.25, -0.2) is 8.42 Å². The van der Waals surface area contributed by atoms with Crippen LogP contribution < -0.4 is 14.5 Å². The fourth-order valence-electron chi connectivity index (χ4n) is 3.66. The number of carbonyl (C=O) groups is 1. The summed E-state index contributed by atoms with van der Waals surface area (Å²) in [6, 6.07) is 14.1. The van der Waals surface area contributed by atoms with Crippen molar-refractivity contribution < 1.29 is 13.2 Å². The molecular weight excluding hydrogens is 386 g/mol. The Bertz CT molecular complexity index is 934. The first-order valence-electron chi connectivity index (χ1n) is 10.0. The molecule has 2 aromatic rings. The molecule has 0 aromatic heterocycles.